The minimum Gasteiger partial charge on any atom is -0.369 e. The molecule has 1 aliphatic carbocycles. The second-order valence-electron chi connectivity index (χ2n) is 13.5. The lowest BCUT2D eigenvalue weighted by atomic mass is 9.80. The van der Waals surface area contributed by atoms with Gasteiger partial charge in [0.25, 0.3) is 5.91 Å². The van der Waals surface area contributed by atoms with E-state index in [1.54, 1.807) is 17.0 Å². The first-order valence-electron chi connectivity index (χ1n) is 17.6. The third-order valence-corrected chi connectivity index (χ3v) is 10.7. The molecule has 3 N–H and O–H groups in total. The van der Waals surface area contributed by atoms with Gasteiger partial charge in [-0.3, -0.25) is 14.4 Å². The zero-order valence-electron chi connectivity index (χ0n) is 28.4. The van der Waals surface area contributed by atoms with Gasteiger partial charge in [0.2, 0.25) is 11.8 Å². The third-order valence-electron chi connectivity index (χ3n) is 10.1. The van der Waals surface area contributed by atoms with Gasteiger partial charge in [-0.2, -0.15) is 0 Å². The number of benzene rings is 4. The molecule has 0 bridgehead atoms. The van der Waals surface area contributed by atoms with Crippen molar-refractivity contribution >= 4 is 58.0 Å². The molecule has 0 radical (unpaired) electrons. The number of amides is 3. The summed E-state index contributed by atoms with van der Waals surface area (Å²) in [4.78, 5) is 45.8. The fourth-order valence-electron chi connectivity index (χ4n) is 7.64. The highest BCUT2D eigenvalue weighted by molar-refractivity contribution is 6.36. The number of hydrogen-bond acceptors (Lipinski definition) is 4. The second kappa shape index (κ2) is 16.1. The summed E-state index contributed by atoms with van der Waals surface area (Å²) >= 11 is 12.8. The molecule has 0 aromatic heterocycles. The molecule has 6 rings (SSSR count). The Labute approximate surface area is 304 Å². The van der Waals surface area contributed by atoms with Gasteiger partial charge < -0.3 is 20.9 Å². The maximum Gasteiger partial charge on any atom is 0.251 e. The van der Waals surface area contributed by atoms with Gasteiger partial charge in [0.05, 0.1) is 24.5 Å². The van der Waals surface area contributed by atoms with Crippen LogP contribution in [0.4, 0.5) is 17.1 Å². The van der Waals surface area contributed by atoms with Gasteiger partial charge in [-0.1, -0.05) is 117 Å². The van der Waals surface area contributed by atoms with Crippen molar-refractivity contribution < 1.29 is 14.4 Å². The zero-order chi connectivity index (χ0) is 35.2. The summed E-state index contributed by atoms with van der Waals surface area (Å²) in [6, 6.07) is 30.2. The Balaban J connectivity index is 1.38. The molecule has 1 fully saturated rings. The molecule has 4 aromatic rings. The molecule has 1 unspecified atom stereocenters. The van der Waals surface area contributed by atoms with Crippen molar-refractivity contribution in [2.45, 2.75) is 64.5 Å². The molecule has 1 heterocycles. The van der Waals surface area contributed by atoms with Crippen LogP contribution < -0.4 is 20.9 Å². The van der Waals surface area contributed by atoms with Crippen LogP contribution in [0.1, 0.15) is 57.4 Å². The SMILES string of the molecule is CCC[C@H](C(N)=O)[C@@H](CC1CCCC1)C(=O)NC1CN(c2ccccc2)c2ccccc2N(Cc2cccc(-c3ccc(Cl)cc3Cl)c2)C1=O. The Morgan fingerprint density at radius 3 is 2.30 bits per heavy atom. The Hall–Kier alpha value is -4.33. The lowest BCUT2D eigenvalue weighted by Crippen LogP contribution is -2.54. The topological polar surface area (TPSA) is 95.7 Å². The van der Waals surface area contributed by atoms with Crippen LogP contribution in [-0.2, 0) is 20.9 Å². The van der Waals surface area contributed by atoms with E-state index in [9.17, 15) is 14.4 Å². The summed E-state index contributed by atoms with van der Waals surface area (Å²) in [5.74, 6) is -1.82. The number of carbonyl (C=O) groups is 3. The normalized spacial score (nSPS) is 17.6. The Morgan fingerprint density at radius 1 is 0.880 bits per heavy atom. The van der Waals surface area contributed by atoms with E-state index in [2.05, 4.69) is 10.2 Å². The Kier molecular flexibility index (Phi) is 11.5. The number of carbonyl (C=O) groups excluding carboxylic acids is 3. The van der Waals surface area contributed by atoms with Gasteiger partial charge in [0.1, 0.15) is 6.04 Å². The number of anilines is 3. The van der Waals surface area contributed by atoms with Gasteiger partial charge in [-0.05, 0) is 72.4 Å². The molecule has 260 valence electrons. The van der Waals surface area contributed by atoms with Gasteiger partial charge in [0.15, 0.2) is 0 Å². The number of nitrogens with one attached hydrogen (secondary N) is 1. The molecule has 3 amide bonds. The van der Waals surface area contributed by atoms with Crippen molar-refractivity contribution in [2.24, 2.45) is 23.5 Å². The van der Waals surface area contributed by atoms with E-state index in [4.69, 9.17) is 28.9 Å². The smallest absolute Gasteiger partial charge is 0.251 e. The number of hydrogen-bond donors (Lipinski definition) is 2. The number of primary amides is 1. The fraction of sp³-hybridized carbons (Fsp3) is 0.341. The van der Waals surface area contributed by atoms with Gasteiger partial charge in [0, 0.05) is 33.1 Å². The van der Waals surface area contributed by atoms with E-state index in [-0.39, 0.29) is 24.9 Å². The van der Waals surface area contributed by atoms with E-state index in [0.29, 0.717) is 28.8 Å². The molecule has 3 atom stereocenters. The van der Waals surface area contributed by atoms with E-state index in [1.165, 1.54) is 0 Å². The first kappa shape index (κ1) is 35.5. The summed E-state index contributed by atoms with van der Waals surface area (Å²) in [5.41, 5.74) is 11.1. The highest BCUT2D eigenvalue weighted by atomic mass is 35.5. The highest BCUT2D eigenvalue weighted by Gasteiger charge is 2.39. The van der Waals surface area contributed by atoms with Crippen LogP contribution in [0.15, 0.2) is 97.1 Å². The molecule has 4 aromatic carbocycles. The number of para-hydroxylation sites is 3. The van der Waals surface area contributed by atoms with Crippen LogP contribution in [0.25, 0.3) is 11.1 Å². The van der Waals surface area contributed by atoms with E-state index in [1.807, 2.05) is 91.9 Å². The van der Waals surface area contributed by atoms with Crippen LogP contribution in [-0.4, -0.2) is 30.3 Å². The lowest BCUT2D eigenvalue weighted by molar-refractivity contribution is -0.136. The van der Waals surface area contributed by atoms with Crippen molar-refractivity contribution in [3.8, 4) is 11.1 Å². The first-order valence-corrected chi connectivity index (χ1v) is 18.4. The predicted molar refractivity (Wildman–Crippen MR) is 203 cm³/mol. The molecular formula is C41H44Cl2N4O3. The van der Waals surface area contributed by atoms with Gasteiger partial charge >= 0.3 is 0 Å². The van der Waals surface area contributed by atoms with Crippen LogP contribution >= 0.6 is 23.2 Å². The zero-order valence-corrected chi connectivity index (χ0v) is 29.9. The van der Waals surface area contributed by atoms with Crippen molar-refractivity contribution in [3.63, 3.8) is 0 Å². The average Bonchev–Trinajstić information content (AvgIpc) is 3.60. The van der Waals surface area contributed by atoms with Crippen molar-refractivity contribution in [2.75, 3.05) is 16.3 Å². The third kappa shape index (κ3) is 8.00. The monoisotopic (exact) mass is 710 g/mol. The number of fused-ring (bicyclic) bond motifs is 1. The number of nitrogens with zero attached hydrogens (tertiary/aromatic N) is 2. The predicted octanol–water partition coefficient (Wildman–Crippen LogP) is 8.93. The van der Waals surface area contributed by atoms with Crippen molar-refractivity contribution in [1.29, 1.82) is 0 Å². The summed E-state index contributed by atoms with van der Waals surface area (Å²) in [5, 5.41) is 4.26. The molecule has 9 heteroatoms. The molecule has 2 aliphatic rings. The molecule has 50 heavy (non-hydrogen) atoms. The van der Waals surface area contributed by atoms with Crippen LogP contribution in [0.2, 0.25) is 10.0 Å². The summed E-state index contributed by atoms with van der Waals surface area (Å²) < 4.78 is 0. The molecule has 1 saturated carbocycles. The van der Waals surface area contributed by atoms with E-state index in [0.717, 1.165) is 65.9 Å². The summed E-state index contributed by atoms with van der Waals surface area (Å²) in [6.07, 6.45) is 6.17. The van der Waals surface area contributed by atoms with Crippen LogP contribution in [0, 0.1) is 17.8 Å². The number of rotatable bonds is 12. The summed E-state index contributed by atoms with van der Waals surface area (Å²) in [7, 11) is 0. The molecular weight excluding hydrogens is 667 g/mol. The second-order valence-corrected chi connectivity index (χ2v) is 14.4. The maximum atomic E-state index is 14.8. The fourth-order valence-corrected chi connectivity index (χ4v) is 8.16. The lowest BCUT2D eigenvalue weighted by Gasteiger charge is -2.30. The van der Waals surface area contributed by atoms with Crippen molar-refractivity contribution in [3.05, 3.63) is 113 Å². The Morgan fingerprint density at radius 2 is 1.60 bits per heavy atom. The van der Waals surface area contributed by atoms with Crippen molar-refractivity contribution in [1.82, 2.24) is 5.32 Å². The van der Waals surface area contributed by atoms with E-state index < -0.39 is 23.8 Å². The number of nitrogens with two attached hydrogens (primary N) is 1. The average molecular weight is 712 g/mol. The Bertz CT molecular complexity index is 1830. The molecule has 0 spiro atoms. The van der Waals surface area contributed by atoms with E-state index >= 15 is 0 Å². The van der Waals surface area contributed by atoms with Gasteiger partial charge in [-0.15, -0.1) is 0 Å². The molecule has 1 aliphatic heterocycles. The molecule has 0 saturated heterocycles. The standard InChI is InChI=1S/C41H44Cl2N4O3/c1-2-11-33(39(44)48)34(23-27-12-6-7-13-27)40(49)45-36-26-46(31-16-4-3-5-17-31)37-18-8-9-19-38(37)47(41(36)50)25-28-14-10-15-29(22-28)32-21-20-30(42)24-35(32)43/h3-5,8-10,14-22,24,27,33-34,36H,2,6-7,11-13,23,25-26H2,1H3,(H2,44,48)(H,45,49)/t33-,34+,36?/m0/s1. The minimum absolute atomic E-state index is 0.216. The highest BCUT2D eigenvalue weighted by Crippen LogP contribution is 2.39. The van der Waals surface area contributed by atoms with Crippen LogP contribution in [0.3, 0.4) is 0 Å². The maximum absolute atomic E-state index is 14.8. The minimum atomic E-state index is -0.898. The largest absolute Gasteiger partial charge is 0.369 e. The van der Waals surface area contributed by atoms with Gasteiger partial charge in [-0.25, -0.2) is 0 Å². The quantitative estimate of drug-likeness (QED) is 0.153. The van der Waals surface area contributed by atoms with Crippen LogP contribution in [0.5, 0.6) is 0 Å². The number of halogens is 2. The first-order chi connectivity index (χ1) is 24.2. The molecule has 7 nitrogen and oxygen atoms in total. The summed E-state index contributed by atoms with van der Waals surface area (Å²) in [6.45, 7) is 2.47.